The Hall–Kier alpha value is -1.47. The fourth-order valence-electron chi connectivity index (χ4n) is 2.14. The first-order chi connectivity index (χ1) is 8.68. The monoisotopic (exact) mass is 271 g/mol. The van der Waals surface area contributed by atoms with Crippen LogP contribution in [0.5, 0.6) is 0 Å². The van der Waals surface area contributed by atoms with E-state index in [1.807, 2.05) is 5.01 Å². The third-order valence-electron chi connectivity index (χ3n) is 2.99. The number of morpholine rings is 1. The molecule has 0 saturated carbocycles. The summed E-state index contributed by atoms with van der Waals surface area (Å²) in [7, 11) is 0. The zero-order chi connectivity index (χ0) is 12.7. The smallest absolute Gasteiger partial charge is 0.197 e. The minimum absolute atomic E-state index is 0.155. The van der Waals surface area contributed by atoms with Crippen LogP contribution in [0.2, 0.25) is 0 Å². The molecule has 1 N–H and O–H groups in total. The average molecular weight is 271 g/mol. The number of ether oxygens (including phenoxy) is 1. The van der Waals surface area contributed by atoms with E-state index in [2.05, 4.69) is 4.98 Å². The van der Waals surface area contributed by atoms with Gasteiger partial charge in [0.1, 0.15) is 5.52 Å². The van der Waals surface area contributed by atoms with Crippen molar-refractivity contribution in [1.29, 1.82) is 0 Å². The lowest BCUT2D eigenvalue weighted by molar-refractivity contribution is 0.111. The minimum atomic E-state index is -0.883. The van der Waals surface area contributed by atoms with Gasteiger partial charge in [-0.25, -0.2) is 13.5 Å². The lowest BCUT2D eigenvalue weighted by atomic mass is 10.3. The van der Waals surface area contributed by atoms with E-state index in [0.29, 0.717) is 36.6 Å². The number of rotatable bonds is 1. The third kappa shape index (κ3) is 1.70. The molecule has 1 aliphatic rings. The van der Waals surface area contributed by atoms with Crippen molar-refractivity contribution in [3.63, 3.8) is 0 Å². The third-order valence-corrected chi connectivity index (χ3v) is 3.26. The normalized spacial score (nSPS) is 16.4. The van der Waals surface area contributed by atoms with Crippen LogP contribution in [0.4, 0.5) is 8.78 Å². The molecule has 0 amide bonds. The second-order valence-corrected chi connectivity index (χ2v) is 4.45. The Morgan fingerprint density at radius 3 is 2.67 bits per heavy atom. The predicted octanol–water partition coefficient (Wildman–Crippen LogP) is 1.95. The number of aromatic amines is 1. The molecule has 4 nitrogen and oxygen atoms in total. The summed E-state index contributed by atoms with van der Waals surface area (Å²) in [6, 6.07) is 2.58. The summed E-state index contributed by atoms with van der Waals surface area (Å²) in [6.07, 6.45) is 0. The molecule has 0 spiro atoms. The molecule has 1 saturated heterocycles. The van der Waals surface area contributed by atoms with Crippen LogP contribution in [-0.2, 0) is 4.74 Å². The van der Waals surface area contributed by atoms with Crippen molar-refractivity contribution in [3.8, 4) is 0 Å². The summed E-state index contributed by atoms with van der Waals surface area (Å²) < 4.78 is 34.3. The van der Waals surface area contributed by atoms with E-state index in [4.69, 9.17) is 17.0 Å². The van der Waals surface area contributed by atoms with Gasteiger partial charge in [0.05, 0.1) is 31.8 Å². The summed E-state index contributed by atoms with van der Waals surface area (Å²) in [4.78, 5) is 2.88. The van der Waals surface area contributed by atoms with Gasteiger partial charge in [0.25, 0.3) is 0 Å². The molecule has 2 aromatic rings. The van der Waals surface area contributed by atoms with E-state index < -0.39 is 11.6 Å². The lowest BCUT2D eigenvalue weighted by Crippen LogP contribution is -2.44. The van der Waals surface area contributed by atoms with E-state index in [1.165, 1.54) is 10.7 Å². The first kappa shape index (κ1) is 11.6. The first-order valence-electron chi connectivity index (χ1n) is 5.60. The second kappa shape index (κ2) is 4.33. The molecule has 96 valence electrons. The number of H-pyrrole nitrogens is 1. The van der Waals surface area contributed by atoms with Crippen molar-refractivity contribution in [2.75, 3.05) is 31.3 Å². The van der Waals surface area contributed by atoms with Gasteiger partial charge in [-0.3, -0.25) is 0 Å². The summed E-state index contributed by atoms with van der Waals surface area (Å²) in [6.45, 7) is 2.28. The van der Waals surface area contributed by atoms with E-state index >= 15 is 0 Å². The topological polar surface area (TPSA) is 33.2 Å². The van der Waals surface area contributed by atoms with Crippen molar-refractivity contribution >= 4 is 23.3 Å². The van der Waals surface area contributed by atoms with E-state index in [0.717, 1.165) is 6.07 Å². The van der Waals surface area contributed by atoms with E-state index in [9.17, 15) is 8.78 Å². The highest BCUT2D eigenvalue weighted by atomic mass is 32.1. The Morgan fingerprint density at radius 1 is 1.22 bits per heavy atom. The van der Waals surface area contributed by atoms with Crippen LogP contribution in [0.3, 0.4) is 0 Å². The Balaban J connectivity index is 2.23. The second-order valence-electron chi connectivity index (χ2n) is 4.07. The van der Waals surface area contributed by atoms with Crippen LogP contribution < -0.4 is 5.01 Å². The van der Waals surface area contributed by atoms with E-state index in [-0.39, 0.29) is 5.52 Å². The van der Waals surface area contributed by atoms with Crippen molar-refractivity contribution in [2.45, 2.75) is 0 Å². The largest absolute Gasteiger partial charge is 0.378 e. The average Bonchev–Trinajstić information content (AvgIpc) is 2.72. The molecule has 7 heteroatoms. The van der Waals surface area contributed by atoms with Gasteiger partial charge in [-0.05, 0) is 24.4 Å². The fourth-order valence-corrected chi connectivity index (χ4v) is 2.46. The Morgan fingerprint density at radius 2 is 1.94 bits per heavy atom. The van der Waals surface area contributed by atoms with Crippen LogP contribution in [0.25, 0.3) is 11.0 Å². The quantitative estimate of drug-likeness (QED) is 0.805. The van der Waals surface area contributed by atoms with Gasteiger partial charge in [0.2, 0.25) is 0 Å². The number of aromatic nitrogens is 2. The number of fused-ring (bicyclic) bond motifs is 1. The maximum atomic E-state index is 13.9. The number of hydrogen-bond donors (Lipinski definition) is 1. The summed E-state index contributed by atoms with van der Waals surface area (Å²) >= 11 is 5.17. The van der Waals surface area contributed by atoms with Crippen LogP contribution in [0.15, 0.2) is 12.1 Å². The SMILES string of the molecule is Fc1ccc2[nH]c(=S)n(N3CCOCC3)c2c1F. The van der Waals surface area contributed by atoms with Gasteiger partial charge in [-0.15, -0.1) is 0 Å². The molecule has 1 aliphatic heterocycles. The van der Waals surface area contributed by atoms with Crippen molar-refractivity contribution < 1.29 is 13.5 Å². The standard InChI is InChI=1S/C11H11F2N3OS/c12-7-1-2-8-10(9(7)13)16(11(18)14-8)15-3-5-17-6-4-15/h1-2H,3-6H2,(H,14,18). The summed E-state index contributed by atoms with van der Waals surface area (Å²) in [5, 5.41) is 1.85. The summed E-state index contributed by atoms with van der Waals surface area (Å²) in [5.74, 6) is -1.76. The van der Waals surface area contributed by atoms with Crippen LogP contribution in [0, 0.1) is 16.4 Å². The van der Waals surface area contributed by atoms with Crippen LogP contribution >= 0.6 is 12.2 Å². The van der Waals surface area contributed by atoms with Crippen LogP contribution in [-0.4, -0.2) is 36.0 Å². The fraction of sp³-hybridized carbons (Fsp3) is 0.364. The molecule has 0 atom stereocenters. The number of hydrogen-bond acceptors (Lipinski definition) is 3. The molecule has 1 fully saturated rings. The molecule has 2 heterocycles. The molecule has 3 rings (SSSR count). The van der Waals surface area contributed by atoms with Crippen molar-refractivity contribution in [2.24, 2.45) is 0 Å². The molecule has 0 aliphatic carbocycles. The molecular formula is C11H11F2N3OS. The van der Waals surface area contributed by atoms with Gasteiger partial charge in [0, 0.05) is 0 Å². The molecule has 0 unspecified atom stereocenters. The highest BCUT2D eigenvalue weighted by Gasteiger charge is 2.19. The number of benzene rings is 1. The molecule has 1 aromatic heterocycles. The van der Waals surface area contributed by atoms with Gasteiger partial charge in [0.15, 0.2) is 16.4 Å². The van der Waals surface area contributed by atoms with Gasteiger partial charge in [-0.1, -0.05) is 0 Å². The molecule has 0 bridgehead atoms. The Bertz CT molecular complexity index is 646. The molecule has 1 aromatic carbocycles. The first-order valence-corrected chi connectivity index (χ1v) is 6.01. The lowest BCUT2D eigenvalue weighted by Gasteiger charge is -2.29. The maximum Gasteiger partial charge on any atom is 0.197 e. The Kier molecular flexibility index (Phi) is 2.79. The number of halogens is 2. The molecular weight excluding hydrogens is 260 g/mol. The Labute approximate surface area is 107 Å². The van der Waals surface area contributed by atoms with Crippen molar-refractivity contribution in [1.82, 2.24) is 9.66 Å². The van der Waals surface area contributed by atoms with Crippen molar-refractivity contribution in [3.05, 3.63) is 28.5 Å². The van der Waals surface area contributed by atoms with Crippen LogP contribution in [0.1, 0.15) is 0 Å². The zero-order valence-corrected chi connectivity index (χ0v) is 10.3. The van der Waals surface area contributed by atoms with Gasteiger partial charge in [-0.2, -0.15) is 0 Å². The summed E-state index contributed by atoms with van der Waals surface area (Å²) in [5.41, 5.74) is 0.646. The predicted molar refractivity (Wildman–Crippen MR) is 65.8 cm³/mol. The number of imidazole rings is 1. The minimum Gasteiger partial charge on any atom is -0.378 e. The highest BCUT2D eigenvalue weighted by molar-refractivity contribution is 7.71. The zero-order valence-electron chi connectivity index (χ0n) is 9.45. The van der Waals surface area contributed by atoms with E-state index in [1.54, 1.807) is 0 Å². The molecule has 18 heavy (non-hydrogen) atoms. The number of nitrogens with zero attached hydrogens (tertiary/aromatic N) is 2. The number of nitrogens with one attached hydrogen (secondary N) is 1. The maximum absolute atomic E-state index is 13.9. The highest BCUT2D eigenvalue weighted by Crippen LogP contribution is 2.21. The molecule has 0 radical (unpaired) electrons. The van der Waals surface area contributed by atoms with Gasteiger partial charge < -0.3 is 14.7 Å². The van der Waals surface area contributed by atoms with Gasteiger partial charge >= 0.3 is 0 Å².